The number of carbonyl (C=O) groups excluding carboxylic acids is 1. The number of rotatable bonds is 6. The first-order valence-corrected chi connectivity index (χ1v) is 6.55. The first kappa shape index (κ1) is 16.0. The van der Waals surface area contributed by atoms with Crippen molar-refractivity contribution >= 4 is 12.0 Å². The minimum Gasteiger partial charge on any atom is -0.480 e. The summed E-state index contributed by atoms with van der Waals surface area (Å²) in [5.41, 5.74) is 0.769. The Hall–Kier alpha value is -2.05. The van der Waals surface area contributed by atoms with Crippen molar-refractivity contribution in [1.29, 1.82) is 0 Å². The van der Waals surface area contributed by atoms with Crippen molar-refractivity contribution < 1.29 is 19.1 Å². The SMILES string of the molecule is CCC(C)C(NC(=O)NCc1nc(C)c(C)o1)C(=O)O. The molecule has 112 valence electrons. The lowest BCUT2D eigenvalue weighted by atomic mass is 9.99. The number of nitrogens with zero attached hydrogens (tertiary/aromatic N) is 1. The summed E-state index contributed by atoms with van der Waals surface area (Å²) in [4.78, 5) is 26.9. The fourth-order valence-electron chi connectivity index (χ4n) is 1.65. The number of carbonyl (C=O) groups is 2. The van der Waals surface area contributed by atoms with Crippen LogP contribution in [-0.2, 0) is 11.3 Å². The fraction of sp³-hybridized carbons (Fsp3) is 0.615. The molecular weight excluding hydrogens is 262 g/mol. The molecule has 20 heavy (non-hydrogen) atoms. The normalized spacial score (nSPS) is 13.6. The number of carboxylic acid groups (broad SMARTS) is 1. The first-order chi connectivity index (χ1) is 9.35. The third-order valence-electron chi connectivity index (χ3n) is 3.24. The number of aromatic nitrogens is 1. The van der Waals surface area contributed by atoms with E-state index >= 15 is 0 Å². The molecule has 1 rings (SSSR count). The van der Waals surface area contributed by atoms with Crippen LogP contribution in [0.2, 0.25) is 0 Å². The predicted molar refractivity (Wildman–Crippen MR) is 72.2 cm³/mol. The molecule has 3 N–H and O–H groups in total. The van der Waals surface area contributed by atoms with Crippen molar-refractivity contribution in [3.05, 3.63) is 17.3 Å². The van der Waals surface area contributed by atoms with Gasteiger partial charge in [0.15, 0.2) is 0 Å². The third kappa shape index (κ3) is 4.25. The third-order valence-corrected chi connectivity index (χ3v) is 3.24. The van der Waals surface area contributed by atoms with Crippen LogP contribution in [0.25, 0.3) is 0 Å². The molecule has 0 aliphatic rings. The maximum Gasteiger partial charge on any atom is 0.326 e. The number of hydrogen-bond donors (Lipinski definition) is 3. The molecule has 0 saturated carbocycles. The minimum atomic E-state index is -1.04. The van der Waals surface area contributed by atoms with E-state index in [1.165, 1.54) is 0 Å². The Bertz CT molecular complexity index is 464. The Balaban J connectivity index is 2.52. The van der Waals surface area contributed by atoms with E-state index in [2.05, 4.69) is 15.6 Å². The molecule has 1 heterocycles. The number of oxazole rings is 1. The molecule has 1 aromatic rings. The second-order valence-electron chi connectivity index (χ2n) is 4.78. The molecule has 2 amide bonds. The van der Waals surface area contributed by atoms with E-state index in [1.54, 1.807) is 13.8 Å². The molecule has 0 fully saturated rings. The minimum absolute atomic E-state index is 0.118. The zero-order valence-electron chi connectivity index (χ0n) is 12.2. The Labute approximate surface area is 117 Å². The highest BCUT2D eigenvalue weighted by Crippen LogP contribution is 2.09. The van der Waals surface area contributed by atoms with Gasteiger partial charge in [-0.05, 0) is 19.8 Å². The van der Waals surface area contributed by atoms with E-state index in [1.807, 2.05) is 13.8 Å². The van der Waals surface area contributed by atoms with Crippen LogP contribution in [0.15, 0.2) is 4.42 Å². The Morgan fingerprint density at radius 3 is 2.50 bits per heavy atom. The van der Waals surface area contributed by atoms with Gasteiger partial charge in [-0.15, -0.1) is 0 Å². The summed E-state index contributed by atoms with van der Waals surface area (Å²) in [5, 5.41) is 14.0. The van der Waals surface area contributed by atoms with E-state index in [0.29, 0.717) is 18.1 Å². The largest absolute Gasteiger partial charge is 0.480 e. The maximum absolute atomic E-state index is 11.7. The highest BCUT2D eigenvalue weighted by Gasteiger charge is 2.25. The fourth-order valence-corrected chi connectivity index (χ4v) is 1.65. The van der Waals surface area contributed by atoms with Gasteiger partial charge < -0.3 is 20.2 Å². The lowest BCUT2D eigenvalue weighted by Gasteiger charge is -2.20. The highest BCUT2D eigenvalue weighted by atomic mass is 16.4. The molecule has 0 spiro atoms. The molecule has 2 atom stereocenters. The van der Waals surface area contributed by atoms with Crippen LogP contribution in [-0.4, -0.2) is 28.1 Å². The van der Waals surface area contributed by atoms with Gasteiger partial charge >= 0.3 is 12.0 Å². The quantitative estimate of drug-likeness (QED) is 0.735. The van der Waals surface area contributed by atoms with Crippen LogP contribution < -0.4 is 10.6 Å². The number of nitrogens with one attached hydrogen (secondary N) is 2. The molecule has 7 heteroatoms. The first-order valence-electron chi connectivity index (χ1n) is 6.55. The Morgan fingerprint density at radius 1 is 1.40 bits per heavy atom. The van der Waals surface area contributed by atoms with E-state index in [9.17, 15) is 9.59 Å². The summed E-state index contributed by atoms with van der Waals surface area (Å²) in [5.74, 6) is -0.0995. The Morgan fingerprint density at radius 2 is 2.05 bits per heavy atom. The number of carboxylic acids is 1. The number of aliphatic carboxylic acids is 1. The van der Waals surface area contributed by atoms with Crippen LogP contribution in [0.5, 0.6) is 0 Å². The number of amides is 2. The summed E-state index contributed by atoms with van der Waals surface area (Å²) in [6, 6.07) is -1.46. The van der Waals surface area contributed by atoms with E-state index in [0.717, 1.165) is 5.69 Å². The molecule has 2 unspecified atom stereocenters. The summed E-state index contributed by atoms with van der Waals surface area (Å²) in [6.07, 6.45) is 0.662. The lowest BCUT2D eigenvalue weighted by molar-refractivity contribution is -0.140. The van der Waals surface area contributed by atoms with Crippen molar-refractivity contribution in [2.24, 2.45) is 5.92 Å². The van der Waals surface area contributed by atoms with E-state index in [4.69, 9.17) is 9.52 Å². The van der Waals surface area contributed by atoms with Crippen molar-refractivity contribution in [2.45, 2.75) is 46.7 Å². The van der Waals surface area contributed by atoms with Gasteiger partial charge in [0.25, 0.3) is 0 Å². The van der Waals surface area contributed by atoms with Gasteiger partial charge in [-0.1, -0.05) is 20.3 Å². The van der Waals surface area contributed by atoms with Crippen LogP contribution >= 0.6 is 0 Å². The Kier molecular flexibility index (Phi) is 5.54. The summed E-state index contributed by atoms with van der Waals surface area (Å²) < 4.78 is 5.32. The predicted octanol–water partition coefficient (Wildman–Crippen LogP) is 1.59. The summed E-state index contributed by atoms with van der Waals surface area (Å²) in [7, 11) is 0. The smallest absolute Gasteiger partial charge is 0.326 e. The molecule has 0 saturated heterocycles. The molecule has 0 radical (unpaired) electrons. The van der Waals surface area contributed by atoms with E-state index < -0.39 is 18.0 Å². The monoisotopic (exact) mass is 283 g/mol. The van der Waals surface area contributed by atoms with Gasteiger partial charge in [0.05, 0.1) is 12.2 Å². The molecule has 0 bridgehead atoms. The number of aryl methyl sites for hydroxylation is 2. The zero-order chi connectivity index (χ0) is 15.3. The van der Waals surface area contributed by atoms with Crippen LogP contribution in [0.1, 0.15) is 37.6 Å². The van der Waals surface area contributed by atoms with Crippen LogP contribution in [0.3, 0.4) is 0 Å². The zero-order valence-corrected chi connectivity index (χ0v) is 12.2. The highest BCUT2D eigenvalue weighted by molar-refractivity contribution is 5.82. The summed E-state index contributed by atoms with van der Waals surface area (Å²) in [6.45, 7) is 7.37. The van der Waals surface area contributed by atoms with Crippen molar-refractivity contribution in [2.75, 3.05) is 0 Å². The van der Waals surface area contributed by atoms with Gasteiger partial charge in [-0.25, -0.2) is 14.6 Å². The molecule has 0 aliphatic heterocycles. The van der Waals surface area contributed by atoms with Crippen molar-refractivity contribution in [3.8, 4) is 0 Å². The van der Waals surface area contributed by atoms with Crippen molar-refractivity contribution in [1.82, 2.24) is 15.6 Å². The second-order valence-corrected chi connectivity index (χ2v) is 4.78. The second kappa shape index (κ2) is 6.93. The average Bonchev–Trinajstić information content (AvgIpc) is 2.71. The van der Waals surface area contributed by atoms with Crippen molar-refractivity contribution in [3.63, 3.8) is 0 Å². The molecule has 1 aromatic heterocycles. The van der Waals surface area contributed by atoms with Crippen LogP contribution in [0, 0.1) is 19.8 Å². The maximum atomic E-state index is 11.7. The average molecular weight is 283 g/mol. The van der Waals surface area contributed by atoms with Crippen LogP contribution in [0.4, 0.5) is 4.79 Å². The standard InChI is InChI=1S/C13H21N3O4/c1-5-7(2)11(12(17)18)16-13(19)14-6-10-15-8(3)9(4)20-10/h7,11H,5-6H2,1-4H3,(H,17,18)(H2,14,16,19). The molecule has 7 nitrogen and oxygen atoms in total. The molecule has 0 aromatic carbocycles. The summed E-state index contributed by atoms with van der Waals surface area (Å²) >= 11 is 0. The van der Waals surface area contributed by atoms with Gasteiger partial charge in [-0.2, -0.15) is 0 Å². The molecular formula is C13H21N3O4. The number of hydrogen-bond acceptors (Lipinski definition) is 4. The molecule has 0 aliphatic carbocycles. The van der Waals surface area contributed by atoms with Gasteiger partial charge in [0.2, 0.25) is 5.89 Å². The van der Waals surface area contributed by atoms with E-state index in [-0.39, 0.29) is 12.5 Å². The van der Waals surface area contributed by atoms with Gasteiger partial charge in [-0.3, -0.25) is 0 Å². The topological polar surface area (TPSA) is 104 Å². The van der Waals surface area contributed by atoms with Gasteiger partial charge in [0, 0.05) is 0 Å². The lowest BCUT2D eigenvalue weighted by Crippen LogP contribution is -2.48. The number of urea groups is 1. The van der Waals surface area contributed by atoms with Gasteiger partial charge in [0.1, 0.15) is 11.8 Å².